The minimum atomic E-state index is -0.0756. The minimum Gasteiger partial charge on any atom is -0.491 e. The van der Waals surface area contributed by atoms with Crippen LogP contribution in [-0.4, -0.2) is 32.0 Å². The summed E-state index contributed by atoms with van der Waals surface area (Å²) in [4.78, 5) is 25.1. The number of hydrogen-bond donors (Lipinski definition) is 1. The van der Waals surface area contributed by atoms with Gasteiger partial charge in [-0.1, -0.05) is 12.1 Å². The normalized spacial score (nSPS) is 14.1. The molecule has 1 aliphatic heterocycles. The fourth-order valence-corrected chi connectivity index (χ4v) is 2.04. The van der Waals surface area contributed by atoms with Crippen LogP contribution in [-0.2, 0) is 16.0 Å². The molecule has 0 aromatic heterocycles. The highest BCUT2D eigenvalue weighted by molar-refractivity contribution is 5.95. The maximum Gasteiger partial charge on any atom is 0.230 e. The van der Waals surface area contributed by atoms with Gasteiger partial charge in [-0.25, -0.2) is 0 Å². The van der Waals surface area contributed by atoms with E-state index < -0.39 is 0 Å². The van der Waals surface area contributed by atoms with Crippen LogP contribution in [0.5, 0.6) is 5.75 Å². The van der Waals surface area contributed by atoms with Crippen LogP contribution < -0.4 is 15.0 Å². The van der Waals surface area contributed by atoms with Gasteiger partial charge < -0.3 is 15.0 Å². The van der Waals surface area contributed by atoms with E-state index in [2.05, 4.69) is 11.9 Å². The Hall–Kier alpha value is -2.30. The Labute approximate surface area is 118 Å². The molecule has 0 radical (unpaired) electrons. The van der Waals surface area contributed by atoms with Crippen LogP contribution in [0.15, 0.2) is 30.9 Å². The van der Waals surface area contributed by atoms with Crippen LogP contribution in [0.4, 0.5) is 5.69 Å². The molecule has 5 nitrogen and oxygen atoms in total. The van der Waals surface area contributed by atoms with Crippen LogP contribution in [0.1, 0.15) is 12.0 Å². The van der Waals surface area contributed by atoms with Crippen LogP contribution in [0.3, 0.4) is 0 Å². The summed E-state index contributed by atoms with van der Waals surface area (Å²) < 4.78 is 5.54. The summed E-state index contributed by atoms with van der Waals surface area (Å²) in [7, 11) is 1.72. The molecule has 0 atom stereocenters. The maximum absolute atomic E-state index is 11.8. The van der Waals surface area contributed by atoms with Crippen molar-refractivity contribution >= 4 is 17.5 Å². The predicted molar refractivity (Wildman–Crippen MR) is 76.9 cm³/mol. The Morgan fingerprint density at radius 3 is 3.10 bits per heavy atom. The highest BCUT2D eigenvalue weighted by atomic mass is 16.5. The summed E-state index contributed by atoms with van der Waals surface area (Å²) in [6.45, 7) is 4.38. The number of ether oxygens (including phenoxy) is 1. The first-order valence-electron chi connectivity index (χ1n) is 6.51. The second kappa shape index (κ2) is 6.23. The van der Waals surface area contributed by atoms with Crippen molar-refractivity contribution in [3.63, 3.8) is 0 Å². The lowest BCUT2D eigenvalue weighted by Crippen LogP contribution is -2.26. The van der Waals surface area contributed by atoms with E-state index in [1.807, 2.05) is 12.1 Å². The molecule has 20 heavy (non-hydrogen) atoms. The number of amides is 2. The summed E-state index contributed by atoms with van der Waals surface area (Å²) in [5.41, 5.74) is 1.55. The van der Waals surface area contributed by atoms with Crippen molar-refractivity contribution in [1.29, 1.82) is 0 Å². The first-order chi connectivity index (χ1) is 9.61. The van der Waals surface area contributed by atoms with Gasteiger partial charge in [0.05, 0.1) is 25.1 Å². The topological polar surface area (TPSA) is 58.6 Å². The molecule has 1 aromatic carbocycles. The SMILES string of the molecule is C=CCNC(=O)Cc1ccc2c(c1)N(C)C(=O)CCO2. The number of carbonyl (C=O) groups is 2. The first-order valence-corrected chi connectivity index (χ1v) is 6.51. The van der Waals surface area contributed by atoms with Gasteiger partial charge in [-0.2, -0.15) is 0 Å². The minimum absolute atomic E-state index is 0.0111. The Balaban J connectivity index is 2.17. The van der Waals surface area contributed by atoms with Gasteiger partial charge in [-0.15, -0.1) is 6.58 Å². The van der Waals surface area contributed by atoms with Crippen LogP contribution in [0.2, 0.25) is 0 Å². The molecular formula is C15H18N2O3. The average molecular weight is 274 g/mol. The maximum atomic E-state index is 11.8. The van der Waals surface area contributed by atoms with E-state index in [0.717, 1.165) is 5.56 Å². The first kappa shape index (κ1) is 14.1. The highest BCUT2D eigenvalue weighted by Gasteiger charge is 2.20. The molecule has 1 aliphatic rings. The van der Waals surface area contributed by atoms with Gasteiger partial charge >= 0.3 is 0 Å². The molecule has 0 saturated heterocycles. The van der Waals surface area contributed by atoms with Crippen molar-refractivity contribution in [1.82, 2.24) is 5.32 Å². The van der Waals surface area contributed by atoms with E-state index in [-0.39, 0.29) is 18.2 Å². The Morgan fingerprint density at radius 1 is 1.55 bits per heavy atom. The molecular weight excluding hydrogens is 256 g/mol. The lowest BCUT2D eigenvalue weighted by atomic mass is 10.1. The number of nitrogens with one attached hydrogen (secondary N) is 1. The Morgan fingerprint density at radius 2 is 2.35 bits per heavy atom. The molecule has 0 spiro atoms. The summed E-state index contributed by atoms with van der Waals surface area (Å²) in [5.74, 6) is 0.610. The van der Waals surface area contributed by atoms with Gasteiger partial charge in [-0.3, -0.25) is 9.59 Å². The third-order valence-corrected chi connectivity index (χ3v) is 3.14. The average Bonchev–Trinajstić information content (AvgIpc) is 2.57. The van der Waals surface area contributed by atoms with Crippen molar-refractivity contribution in [3.8, 4) is 5.75 Å². The van der Waals surface area contributed by atoms with Crippen LogP contribution in [0, 0.1) is 0 Å². The second-order valence-corrected chi connectivity index (χ2v) is 4.62. The van der Waals surface area contributed by atoms with Crippen LogP contribution >= 0.6 is 0 Å². The van der Waals surface area contributed by atoms with Crippen LogP contribution in [0.25, 0.3) is 0 Å². The van der Waals surface area contributed by atoms with Gasteiger partial charge in [0.2, 0.25) is 11.8 Å². The molecule has 0 saturated carbocycles. The fraction of sp³-hybridized carbons (Fsp3) is 0.333. The summed E-state index contributed by atoms with van der Waals surface area (Å²) in [6, 6.07) is 5.47. The van der Waals surface area contributed by atoms with Gasteiger partial charge in [0.1, 0.15) is 5.75 Å². The van der Waals surface area contributed by atoms with Crippen molar-refractivity contribution in [2.45, 2.75) is 12.8 Å². The lowest BCUT2D eigenvalue weighted by Gasteiger charge is -2.17. The molecule has 1 N–H and O–H groups in total. The van der Waals surface area contributed by atoms with E-state index in [9.17, 15) is 9.59 Å². The number of carbonyl (C=O) groups excluding carboxylic acids is 2. The predicted octanol–water partition coefficient (Wildman–Crippen LogP) is 1.28. The summed E-state index contributed by atoms with van der Waals surface area (Å²) in [6.07, 6.45) is 2.26. The van der Waals surface area contributed by atoms with Gasteiger partial charge in [0.15, 0.2) is 0 Å². The molecule has 0 aliphatic carbocycles. The zero-order valence-electron chi connectivity index (χ0n) is 11.5. The third-order valence-electron chi connectivity index (χ3n) is 3.14. The molecule has 5 heteroatoms. The monoisotopic (exact) mass is 274 g/mol. The third kappa shape index (κ3) is 3.17. The molecule has 0 unspecified atom stereocenters. The number of benzene rings is 1. The van der Waals surface area contributed by atoms with E-state index in [1.165, 1.54) is 0 Å². The van der Waals surface area contributed by atoms with Gasteiger partial charge in [0, 0.05) is 13.6 Å². The standard InChI is InChI=1S/C15H18N2O3/c1-3-7-16-14(18)10-11-4-5-13-12(9-11)17(2)15(19)6-8-20-13/h3-5,9H,1,6-8,10H2,2H3,(H,16,18). The van der Waals surface area contributed by atoms with Crippen molar-refractivity contribution in [2.75, 3.05) is 25.1 Å². The Kier molecular flexibility index (Phi) is 4.40. The molecule has 2 amide bonds. The molecule has 0 bridgehead atoms. The van der Waals surface area contributed by atoms with Gasteiger partial charge in [-0.05, 0) is 17.7 Å². The van der Waals surface area contributed by atoms with E-state index in [1.54, 1.807) is 24.1 Å². The zero-order chi connectivity index (χ0) is 14.5. The molecule has 1 heterocycles. The quantitative estimate of drug-likeness (QED) is 0.841. The smallest absolute Gasteiger partial charge is 0.230 e. The molecule has 1 aromatic rings. The van der Waals surface area contributed by atoms with Crippen molar-refractivity contribution in [3.05, 3.63) is 36.4 Å². The highest BCUT2D eigenvalue weighted by Crippen LogP contribution is 2.31. The summed E-state index contributed by atoms with van der Waals surface area (Å²) in [5, 5.41) is 2.72. The van der Waals surface area contributed by atoms with Gasteiger partial charge in [0.25, 0.3) is 0 Å². The summed E-state index contributed by atoms with van der Waals surface area (Å²) >= 11 is 0. The zero-order valence-corrected chi connectivity index (χ0v) is 11.5. The number of anilines is 1. The number of hydrogen-bond acceptors (Lipinski definition) is 3. The fourth-order valence-electron chi connectivity index (χ4n) is 2.04. The second-order valence-electron chi connectivity index (χ2n) is 4.62. The molecule has 2 rings (SSSR count). The van der Waals surface area contributed by atoms with Crippen molar-refractivity contribution < 1.29 is 14.3 Å². The number of rotatable bonds is 4. The van der Waals surface area contributed by atoms with E-state index >= 15 is 0 Å². The molecule has 106 valence electrons. The van der Waals surface area contributed by atoms with Crippen molar-refractivity contribution in [2.24, 2.45) is 0 Å². The lowest BCUT2D eigenvalue weighted by molar-refractivity contribution is -0.120. The largest absolute Gasteiger partial charge is 0.491 e. The van der Waals surface area contributed by atoms with E-state index in [4.69, 9.17) is 4.74 Å². The number of nitrogens with zero attached hydrogens (tertiary/aromatic N) is 1. The molecule has 0 fully saturated rings. The Bertz CT molecular complexity index is 540. The number of fused-ring (bicyclic) bond motifs is 1. The van der Waals surface area contributed by atoms with E-state index in [0.29, 0.717) is 31.0 Å².